The lowest BCUT2D eigenvalue weighted by molar-refractivity contribution is 0.317. The maximum absolute atomic E-state index is 8.52. The Morgan fingerprint density at radius 2 is 2.33 bits per heavy atom. The van der Waals surface area contributed by atoms with Crippen LogP contribution in [-0.4, -0.2) is 6.54 Å². The van der Waals surface area contributed by atoms with Gasteiger partial charge in [-0.1, -0.05) is 13.8 Å². The summed E-state index contributed by atoms with van der Waals surface area (Å²) in [5.74, 6) is 0. The van der Waals surface area contributed by atoms with Gasteiger partial charge in [0.2, 0.25) is 0 Å². The summed E-state index contributed by atoms with van der Waals surface area (Å²) in [7, 11) is 0. The zero-order valence-electron chi connectivity index (χ0n) is 9.42. The minimum absolute atomic E-state index is 0.180. The average molecular weight is 206 g/mol. The summed E-state index contributed by atoms with van der Waals surface area (Å²) < 4.78 is 4.98. The van der Waals surface area contributed by atoms with Gasteiger partial charge in [0.15, 0.2) is 0 Å². The van der Waals surface area contributed by atoms with Crippen molar-refractivity contribution in [3.8, 4) is 6.07 Å². The average Bonchev–Trinajstić information content (AvgIpc) is 2.67. The second-order valence-corrected chi connectivity index (χ2v) is 4.56. The van der Waals surface area contributed by atoms with Crippen molar-refractivity contribution in [3.05, 3.63) is 24.2 Å². The molecule has 15 heavy (non-hydrogen) atoms. The van der Waals surface area contributed by atoms with Gasteiger partial charge in [-0.05, 0) is 17.9 Å². The summed E-state index contributed by atoms with van der Waals surface area (Å²) in [5.41, 5.74) is 1.34. The van der Waals surface area contributed by atoms with Crippen molar-refractivity contribution in [2.24, 2.45) is 5.41 Å². The molecule has 0 bridgehead atoms. The summed E-state index contributed by atoms with van der Waals surface area (Å²) in [4.78, 5) is 0. The Kier molecular flexibility index (Phi) is 4.38. The number of nitrogens with one attached hydrogen (secondary N) is 1. The van der Waals surface area contributed by atoms with E-state index in [1.807, 2.05) is 6.07 Å². The maximum Gasteiger partial charge on any atom is 0.0947 e. The maximum atomic E-state index is 8.52. The molecule has 0 amide bonds. The molecule has 1 heterocycles. The van der Waals surface area contributed by atoms with Gasteiger partial charge in [0.25, 0.3) is 0 Å². The molecule has 0 unspecified atom stereocenters. The van der Waals surface area contributed by atoms with Crippen molar-refractivity contribution >= 4 is 0 Å². The van der Waals surface area contributed by atoms with Crippen LogP contribution in [0.25, 0.3) is 0 Å². The second kappa shape index (κ2) is 5.57. The van der Waals surface area contributed by atoms with Crippen LogP contribution in [0.2, 0.25) is 0 Å². The molecule has 0 radical (unpaired) electrons. The minimum atomic E-state index is 0.180. The van der Waals surface area contributed by atoms with Gasteiger partial charge in [-0.3, -0.25) is 0 Å². The van der Waals surface area contributed by atoms with Gasteiger partial charge in [-0.15, -0.1) is 0 Å². The number of nitriles is 1. The summed E-state index contributed by atoms with van der Waals surface area (Å²) in [5, 5.41) is 11.9. The SMILES string of the molecule is CC(C)(CCC#N)CNCc1ccoc1. The summed E-state index contributed by atoms with van der Waals surface area (Å²) in [6.07, 6.45) is 4.98. The van der Waals surface area contributed by atoms with Gasteiger partial charge >= 0.3 is 0 Å². The van der Waals surface area contributed by atoms with E-state index in [1.165, 1.54) is 0 Å². The Morgan fingerprint density at radius 1 is 1.53 bits per heavy atom. The third kappa shape index (κ3) is 4.66. The van der Waals surface area contributed by atoms with Crippen molar-refractivity contribution in [2.45, 2.75) is 33.2 Å². The van der Waals surface area contributed by atoms with Crippen molar-refractivity contribution < 1.29 is 4.42 Å². The molecule has 1 N–H and O–H groups in total. The highest BCUT2D eigenvalue weighted by Gasteiger charge is 2.16. The Morgan fingerprint density at radius 3 is 2.93 bits per heavy atom. The molecule has 0 saturated heterocycles. The molecular formula is C12H18N2O. The highest BCUT2D eigenvalue weighted by atomic mass is 16.3. The lowest BCUT2D eigenvalue weighted by Crippen LogP contribution is -2.28. The number of hydrogen-bond donors (Lipinski definition) is 1. The van der Waals surface area contributed by atoms with Gasteiger partial charge in [-0.25, -0.2) is 0 Å². The molecule has 1 rings (SSSR count). The first-order valence-electron chi connectivity index (χ1n) is 5.23. The molecule has 82 valence electrons. The van der Waals surface area contributed by atoms with E-state index in [2.05, 4.69) is 25.2 Å². The Labute approximate surface area is 91.1 Å². The highest BCUT2D eigenvalue weighted by molar-refractivity contribution is 5.04. The molecule has 0 aliphatic heterocycles. The quantitative estimate of drug-likeness (QED) is 0.778. The van der Waals surface area contributed by atoms with Gasteiger partial charge in [0, 0.05) is 25.1 Å². The Bertz CT molecular complexity index is 309. The molecule has 0 spiro atoms. The molecule has 0 fully saturated rings. The van der Waals surface area contributed by atoms with E-state index in [-0.39, 0.29) is 5.41 Å². The third-order valence-corrected chi connectivity index (χ3v) is 2.43. The zero-order chi connectivity index (χ0) is 11.1. The second-order valence-electron chi connectivity index (χ2n) is 4.56. The molecule has 0 aromatic carbocycles. The van der Waals surface area contributed by atoms with Crippen LogP contribution in [0.1, 0.15) is 32.3 Å². The van der Waals surface area contributed by atoms with Crippen molar-refractivity contribution in [1.29, 1.82) is 5.26 Å². The zero-order valence-corrected chi connectivity index (χ0v) is 9.42. The van der Waals surface area contributed by atoms with E-state index in [9.17, 15) is 0 Å². The van der Waals surface area contributed by atoms with Gasteiger partial charge < -0.3 is 9.73 Å². The van der Waals surface area contributed by atoms with E-state index < -0.39 is 0 Å². The molecule has 0 saturated carbocycles. The number of nitrogens with zero attached hydrogens (tertiary/aromatic N) is 1. The van der Waals surface area contributed by atoms with E-state index in [1.54, 1.807) is 12.5 Å². The molecule has 0 atom stereocenters. The van der Waals surface area contributed by atoms with E-state index in [0.29, 0.717) is 6.42 Å². The van der Waals surface area contributed by atoms with Crippen LogP contribution < -0.4 is 5.32 Å². The lowest BCUT2D eigenvalue weighted by Gasteiger charge is -2.23. The van der Waals surface area contributed by atoms with Crippen molar-refractivity contribution in [2.75, 3.05) is 6.54 Å². The van der Waals surface area contributed by atoms with Crippen LogP contribution in [0.3, 0.4) is 0 Å². The summed E-state index contributed by atoms with van der Waals surface area (Å²) in [6.45, 7) is 6.09. The van der Waals surface area contributed by atoms with Crippen LogP contribution in [0.15, 0.2) is 23.0 Å². The van der Waals surface area contributed by atoms with Gasteiger partial charge in [0.1, 0.15) is 0 Å². The Balaban J connectivity index is 2.21. The van der Waals surface area contributed by atoms with E-state index in [0.717, 1.165) is 25.1 Å². The Hall–Kier alpha value is -1.27. The van der Waals surface area contributed by atoms with Crippen molar-refractivity contribution in [3.63, 3.8) is 0 Å². The fraction of sp³-hybridized carbons (Fsp3) is 0.583. The summed E-state index contributed by atoms with van der Waals surface area (Å²) in [6, 6.07) is 4.14. The standard InChI is InChI=1S/C12H18N2O/c1-12(2,5-3-6-13)10-14-8-11-4-7-15-9-11/h4,7,9,14H,3,5,8,10H2,1-2H3. The summed E-state index contributed by atoms with van der Waals surface area (Å²) >= 11 is 0. The predicted molar refractivity (Wildman–Crippen MR) is 59.0 cm³/mol. The fourth-order valence-electron chi connectivity index (χ4n) is 1.42. The molecular weight excluding hydrogens is 188 g/mol. The third-order valence-electron chi connectivity index (χ3n) is 2.43. The van der Waals surface area contributed by atoms with Crippen LogP contribution in [0.4, 0.5) is 0 Å². The highest BCUT2D eigenvalue weighted by Crippen LogP contribution is 2.20. The molecule has 3 heteroatoms. The molecule has 1 aromatic heterocycles. The predicted octanol–water partition coefficient (Wildman–Crippen LogP) is 2.70. The number of hydrogen-bond acceptors (Lipinski definition) is 3. The topological polar surface area (TPSA) is 49.0 Å². The first-order chi connectivity index (χ1) is 7.14. The van der Waals surface area contributed by atoms with E-state index in [4.69, 9.17) is 9.68 Å². The minimum Gasteiger partial charge on any atom is -0.472 e. The first-order valence-corrected chi connectivity index (χ1v) is 5.23. The largest absolute Gasteiger partial charge is 0.472 e. The molecule has 0 aliphatic carbocycles. The lowest BCUT2D eigenvalue weighted by atomic mass is 9.88. The van der Waals surface area contributed by atoms with Crippen molar-refractivity contribution in [1.82, 2.24) is 5.32 Å². The first kappa shape index (κ1) is 11.8. The van der Waals surface area contributed by atoms with Gasteiger partial charge in [0.05, 0.1) is 18.6 Å². The normalized spacial score (nSPS) is 11.3. The van der Waals surface area contributed by atoms with Crippen LogP contribution in [0.5, 0.6) is 0 Å². The molecule has 1 aromatic rings. The van der Waals surface area contributed by atoms with Crippen LogP contribution in [0, 0.1) is 16.7 Å². The van der Waals surface area contributed by atoms with Crippen LogP contribution in [-0.2, 0) is 6.54 Å². The smallest absolute Gasteiger partial charge is 0.0947 e. The van der Waals surface area contributed by atoms with E-state index >= 15 is 0 Å². The number of rotatable bonds is 6. The monoisotopic (exact) mass is 206 g/mol. The molecule has 0 aliphatic rings. The van der Waals surface area contributed by atoms with Crippen LogP contribution >= 0.6 is 0 Å². The van der Waals surface area contributed by atoms with Gasteiger partial charge in [-0.2, -0.15) is 5.26 Å². The number of furan rings is 1. The fourth-order valence-corrected chi connectivity index (χ4v) is 1.42. The molecule has 3 nitrogen and oxygen atoms in total.